The molecule has 0 N–H and O–H groups in total. The van der Waals surface area contributed by atoms with Crippen molar-refractivity contribution in [2.24, 2.45) is 0 Å². The van der Waals surface area contributed by atoms with Crippen molar-refractivity contribution in [3.63, 3.8) is 0 Å². The minimum atomic E-state index is -0.124. The van der Waals surface area contributed by atoms with Crippen molar-refractivity contribution in [1.82, 2.24) is 4.90 Å². The topological polar surface area (TPSA) is 29.5 Å². The minimum Gasteiger partial charge on any atom is -0.370 e. The summed E-state index contributed by atoms with van der Waals surface area (Å²) in [6.45, 7) is 3.69. The molecule has 0 aromatic heterocycles. The molecule has 22 heavy (non-hydrogen) atoms. The Morgan fingerprint density at radius 3 is 2.82 bits per heavy atom. The molecule has 1 saturated heterocycles. The first-order valence-electron chi connectivity index (χ1n) is 7.36. The third-order valence-electron chi connectivity index (χ3n) is 3.84. The molecule has 1 fully saturated rings. The smallest absolute Gasteiger partial charge is 0.254 e. The van der Waals surface area contributed by atoms with Crippen molar-refractivity contribution in [2.75, 3.05) is 19.7 Å². The maximum Gasteiger partial charge on any atom is 0.254 e. The van der Waals surface area contributed by atoms with E-state index < -0.39 is 0 Å². The van der Waals surface area contributed by atoms with Crippen molar-refractivity contribution >= 4 is 17.5 Å². The maximum atomic E-state index is 12.6. The van der Waals surface area contributed by atoms with Crippen LogP contribution in [0.25, 0.3) is 0 Å². The predicted molar refractivity (Wildman–Crippen MR) is 87.2 cm³/mol. The number of benzene rings is 2. The fourth-order valence-corrected chi connectivity index (χ4v) is 2.90. The Balaban J connectivity index is 1.77. The second-order valence-corrected chi connectivity index (χ2v) is 5.97. The number of halogens is 1. The highest BCUT2D eigenvalue weighted by atomic mass is 35.5. The summed E-state index contributed by atoms with van der Waals surface area (Å²) in [5.41, 5.74) is 2.83. The van der Waals surface area contributed by atoms with E-state index in [2.05, 4.69) is 0 Å². The van der Waals surface area contributed by atoms with Gasteiger partial charge in [0.2, 0.25) is 0 Å². The molecule has 1 heterocycles. The van der Waals surface area contributed by atoms with E-state index in [0.29, 0.717) is 24.7 Å². The van der Waals surface area contributed by atoms with Crippen LogP contribution in [0.3, 0.4) is 0 Å². The van der Waals surface area contributed by atoms with Crippen molar-refractivity contribution in [3.8, 4) is 0 Å². The SMILES string of the molecule is Cc1cccc(C(=O)N2CCOC(c3cccc(Cl)c3)C2)c1. The summed E-state index contributed by atoms with van der Waals surface area (Å²) >= 11 is 6.04. The Labute approximate surface area is 135 Å². The van der Waals surface area contributed by atoms with Gasteiger partial charge in [0.25, 0.3) is 5.91 Å². The number of rotatable bonds is 2. The third kappa shape index (κ3) is 3.32. The van der Waals surface area contributed by atoms with E-state index in [1.807, 2.05) is 60.4 Å². The fourth-order valence-electron chi connectivity index (χ4n) is 2.70. The van der Waals surface area contributed by atoms with E-state index in [1.165, 1.54) is 0 Å². The van der Waals surface area contributed by atoms with Crippen LogP contribution in [-0.4, -0.2) is 30.5 Å². The lowest BCUT2D eigenvalue weighted by molar-refractivity contribution is -0.0228. The van der Waals surface area contributed by atoms with Gasteiger partial charge >= 0.3 is 0 Å². The summed E-state index contributed by atoms with van der Waals surface area (Å²) in [5.74, 6) is 0.0547. The fraction of sp³-hybridized carbons (Fsp3) is 0.278. The average Bonchev–Trinajstić information content (AvgIpc) is 2.54. The van der Waals surface area contributed by atoms with Gasteiger partial charge in [0, 0.05) is 17.1 Å². The highest BCUT2D eigenvalue weighted by molar-refractivity contribution is 6.30. The Kier molecular flexibility index (Phi) is 4.46. The lowest BCUT2D eigenvalue weighted by Gasteiger charge is -2.33. The summed E-state index contributed by atoms with van der Waals surface area (Å²) in [6, 6.07) is 15.3. The summed E-state index contributed by atoms with van der Waals surface area (Å²) in [6.07, 6.45) is -0.124. The molecule has 0 radical (unpaired) electrons. The zero-order chi connectivity index (χ0) is 15.5. The number of amides is 1. The minimum absolute atomic E-state index is 0.0547. The summed E-state index contributed by atoms with van der Waals surface area (Å²) in [4.78, 5) is 14.5. The lowest BCUT2D eigenvalue weighted by Crippen LogP contribution is -2.42. The molecule has 0 bridgehead atoms. The van der Waals surface area contributed by atoms with Gasteiger partial charge in [-0.05, 0) is 36.8 Å². The molecule has 1 atom stereocenters. The van der Waals surface area contributed by atoms with E-state index in [4.69, 9.17) is 16.3 Å². The van der Waals surface area contributed by atoms with Crippen LogP contribution in [0.2, 0.25) is 5.02 Å². The van der Waals surface area contributed by atoms with Crippen LogP contribution in [0.1, 0.15) is 27.6 Å². The zero-order valence-electron chi connectivity index (χ0n) is 12.5. The Hall–Kier alpha value is -1.84. The largest absolute Gasteiger partial charge is 0.370 e. The Morgan fingerprint density at radius 2 is 2.05 bits per heavy atom. The number of carbonyl (C=O) groups is 1. The first kappa shape index (κ1) is 15.1. The molecular weight excluding hydrogens is 298 g/mol. The molecule has 1 aliphatic heterocycles. The molecule has 1 aliphatic rings. The lowest BCUT2D eigenvalue weighted by atomic mass is 10.1. The highest BCUT2D eigenvalue weighted by Crippen LogP contribution is 2.25. The van der Waals surface area contributed by atoms with E-state index in [1.54, 1.807) is 0 Å². The molecule has 0 aliphatic carbocycles. The Morgan fingerprint density at radius 1 is 1.23 bits per heavy atom. The molecule has 114 valence electrons. The van der Waals surface area contributed by atoms with Crippen LogP contribution in [0, 0.1) is 6.92 Å². The first-order valence-corrected chi connectivity index (χ1v) is 7.74. The zero-order valence-corrected chi connectivity index (χ0v) is 13.2. The quantitative estimate of drug-likeness (QED) is 0.842. The number of hydrogen-bond donors (Lipinski definition) is 0. The van der Waals surface area contributed by atoms with Gasteiger partial charge in [0.05, 0.1) is 13.2 Å². The van der Waals surface area contributed by atoms with Gasteiger partial charge in [0.1, 0.15) is 6.10 Å². The molecule has 0 saturated carbocycles. The standard InChI is InChI=1S/C18H18ClNO2/c1-13-4-2-6-15(10-13)18(21)20-8-9-22-17(12-20)14-5-3-7-16(19)11-14/h2-7,10-11,17H,8-9,12H2,1H3. The number of ether oxygens (including phenoxy) is 1. The van der Waals surface area contributed by atoms with Gasteiger partial charge in [-0.3, -0.25) is 4.79 Å². The average molecular weight is 316 g/mol. The number of morpholine rings is 1. The molecular formula is C18H18ClNO2. The van der Waals surface area contributed by atoms with E-state index in [9.17, 15) is 4.79 Å². The molecule has 2 aromatic carbocycles. The third-order valence-corrected chi connectivity index (χ3v) is 4.07. The van der Waals surface area contributed by atoms with Crippen molar-refractivity contribution < 1.29 is 9.53 Å². The van der Waals surface area contributed by atoms with Crippen LogP contribution in [0.5, 0.6) is 0 Å². The van der Waals surface area contributed by atoms with Gasteiger partial charge in [-0.2, -0.15) is 0 Å². The highest BCUT2D eigenvalue weighted by Gasteiger charge is 2.26. The van der Waals surface area contributed by atoms with Gasteiger partial charge in [0.15, 0.2) is 0 Å². The second kappa shape index (κ2) is 6.51. The maximum absolute atomic E-state index is 12.6. The Bertz CT molecular complexity index is 686. The molecule has 0 spiro atoms. The van der Waals surface area contributed by atoms with Gasteiger partial charge in [-0.25, -0.2) is 0 Å². The van der Waals surface area contributed by atoms with E-state index >= 15 is 0 Å². The number of hydrogen-bond acceptors (Lipinski definition) is 2. The predicted octanol–water partition coefficient (Wildman–Crippen LogP) is 3.86. The molecule has 4 heteroatoms. The van der Waals surface area contributed by atoms with E-state index in [0.717, 1.165) is 16.7 Å². The van der Waals surface area contributed by atoms with Crippen LogP contribution in [-0.2, 0) is 4.74 Å². The van der Waals surface area contributed by atoms with Gasteiger partial charge in [-0.15, -0.1) is 0 Å². The van der Waals surface area contributed by atoms with Gasteiger partial charge < -0.3 is 9.64 Å². The molecule has 3 rings (SSSR count). The van der Waals surface area contributed by atoms with Gasteiger partial charge in [-0.1, -0.05) is 41.4 Å². The second-order valence-electron chi connectivity index (χ2n) is 5.54. The van der Waals surface area contributed by atoms with Crippen LogP contribution >= 0.6 is 11.6 Å². The summed E-state index contributed by atoms with van der Waals surface area (Å²) < 4.78 is 5.81. The number of nitrogens with zero attached hydrogens (tertiary/aromatic N) is 1. The van der Waals surface area contributed by atoms with E-state index in [-0.39, 0.29) is 12.0 Å². The normalized spacial score (nSPS) is 18.3. The number of carbonyl (C=O) groups excluding carboxylic acids is 1. The van der Waals surface area contributed by atoms with Crippen molar-refractivity contribution in [2.45, 2.75) is 13.0 Å². The summed E-state index contributed by atoms with van der Waals surface area (Å²) in [5, 5.41) is 0.684. The molecule has 2 aromatic rings. The van der Waals surface area contributed by atoms with Crippen LogP contribution < -0.4 is 0 Å². The molecule has 1 unspecified atom stereocenters. The summed E-state index contributed by atoms with van der Waals surface area (Å²) in [7, 11) is 0. The monoisotopic (exact) mass is 315 g/mol. The van der Waals surface area contributed by atoms with Crippen molar-refractivity contribution in [3.05, 3.63) is 70.2 Å². The molecule has 1 amide bonds. The van der Waals surface area contributed by atoms with Crippen LogP contribution in [0.15, 0.2) is 48.5 Å². The molecule has 3 nitrogen and oxygen atoms in total. The first-order chi connectivity index (χ1) is 10.6. The van der Waals surface area contributed by atoms with Crippen LogP contribution in [0.4, 0.5) is 0 Å². The number of aryl methyl sites for hydroxylation is 1. The van der Waals surface area contributed by atoms with Crippen molar-refractivity contribution in [1.29, 1.82) is 0 Å².